The number of ether oxygens (including phenoxy) is 1. The van der Waals surface area contributed by atoms with Gasteiger partial charge in [-0.05, 0) is 55.7 Å². The van der Waals surface area contributed by atoms with Crippen molar-refractivity contribution in [1.82, 2.24) is 0 Å². The Labute approximate surface area is 138 Å². The molecule has 0 N–H and O–H groups in total. The van der Waals surface area contributed by atoms with Gasteiger partial charge in [0, 0.05) is 15.1 Å². The van der Waals surface area contributed by atoms with Gasteiger partial charge in [-0.25, -0.2) is 0 Å². The van der Waals surface area contributed by atoms with E-state index in [1.54, 1.807) is 19.2 Å². The van der Waals surface area contributed by atoms with E-state index in [0.717, 1.165) is 21.2 Å². The maximum atomic E-state index is 13.0. The first kappa shape index (κ1) is 16.1. The Balaban J connectivity index is 2.71. The second kappa shape index (κ2) is 6.20. The Morgan fingerprint density at radius 1 is 1.14 bits per heavy atom. The van der Waals surface area contributed by atoms with E-state index in [0.29, 0.717) is 21.9 Å². The van der Waals surface area contributed by atoms with Crippen molar-refractivity contribution in [2.75, 3.05) is 7.11 Å². The fraction of sp³-hybridized carbons (Fsp3) is 0.235. The summed E-state index contributed by atoms with van der Waals surface area (Å²) in [7, 11) is 1.58. The first-order valence-corrected chi connectivity index (χ1v) is 7.68. The van der Waals surface area contributed by atoms with Gasteiger partial charge in [0.05, 0.1) is 12.7 Å². The van der Waals surface area contributed by atoms with Crippen LogP contribution in [0.1, 0.15) is 32.6 Å². The van der Waals surface area contributed by atoms with E-state index in [2.05, 4.69) is 15.9 Å². The lowest BCUT2D eigenvalue weighted by molar-refractivity contribution is 0.103. The monoisotopic (exact) mass is 366 g/mol. The zero-order valence-electron chi connectivity index (χ0n) is 12.4. The van der Waals surface area contributed by atoms with Crippen LogP contribution in [0.2, 0.25) is 5.02 Å². The molecule has 2 nitrogen and oxygen atoms in total. The fourth-order valence-electron chi connectivity index (χ4n) is 2.36. The van der Waals surface area contributed by atoms with Crippen LogP contribution in [-0.4, -0.2) is 12.9 Å². The van der Waals surface area contributed by atoms with Gasteiger partial charge in [-0.3, -0.25) is 4.79 Å². The number of aryl methyl sites for hydroxylation is 2. The number of methoxy groups -OCH3 is 1. The Bertz CT molecular complexity index is 723. The second-order valence-corrected chi connectivity index (χ2v) is 6.29. The summed E-state index contributed by atoms with van der Waals surface area (Å²) in [6, 6.07) is 7.29. The van der Waals surface area contributed by atoms with Crippen LogP contribution >= 0.6 is 27.5 Å². The number of carbonyl (C=O) groups excluding carboxylic acids is 1. The molecule has 0 aliphatic heterocycles. The SMILES string of the molecule is COc1c(C)cc(Br)c(C)c1C(=O)c1cc(Cl)ccc1C. The second-order valence-electron chi connectivity index (χ2n) is 5.00. The summed E-state index contributed by atoms with van der Waals surface area (Å²) in [5.74, 6) is 0.536. The quantitative estimate of drug-likeness (QED) is 0.691. The van der Waals surface area contributed by atoms with Crippen LogP contribution in [0, 0.1) is 20.8 Å². The summed E-state index contributed by atoms with van der Waals surface area (Å²) in [5.41, 5.74) is 3.85. The van der Waals surface area contributed by atoms with Crippen LogP contribution in [0.5, 0.6) is 5.75 Å². The third kappa shape index (κ3) is 2.99. The molecule has 0 radical (unpaired) electrons. The van der Waals surface area contributed by atoms with Gasteiger partial charge in [0.25, 0.3) is 0 Å². The van der Waals surface area contributed by atoms with E-state index in [9.17, 15) is 4.79 Å². The van der Waals surface area contributed by atoms with Crippen LogP contribution in [0.3, 0.4) is 0 Å². The molecule has 0 unspecified atom stereocenters. The molecule has 2 aromatic carbocycles. The number of ketones is 1. The van der Waals surface area contributed by atoms with Gasteiger partial charge in [-0.1, -0.05) is 33.6 Å². The number of hydrogen-bond donors (Lipinski definition) is 0. The minimum Gasteiger partial charge on any atom is -0.496 e. The Morgan fingerprint density at radius 3 is 2.43 bits per heavy atom. The van der Waals surface area contributed by atoms with Crippen LogP contribution in [0.25, 0.3) is 0 Å². The van der Waals surface area contributed by atoms with E-state index in [1.165, 1.54) is 0 Å². The Morgan fingerprint density at radius 2 is 1.81 bits per heavy atom. The highest BCUT2D eigenvalue weighted by molar-refractivity contribution is 9.10. The molecule has 0 fully saturated rings. The molecular weight excluding hydrogens is 352 g/mol. The van der Waals surface area contributed by atoms with E-state index in [-0.39, 0.29) is 5.78 Å². The fourth-order valence-corrected chi connectivity index (χ4v) is 3.07. The third-order valence-electron chi connectivity index (χ3n) is 3.54. The van der Waals surface area contributed by atoms with Crippen molar-refractivity contribution in [2.45, 2.75) is 20.8 Å². The molecule has 0 aliphatic carbocycles. The average molecular weight is 368 g/mol. The number of hydrogen-bond acceptors (Lipinski definition) is 2. The summed E-state index contributed by atoms with van der Waals surface area (Å²) in [6.07, 6.45) is 0. The molecule has 4 heteroatoms. The Hall–Kier alpha value is -1.32. The van der Waals surface area contributed by atoms with E-state index >= 15 is 0 Å². The Kier molecular flexibility index (Phi) is 4.74. The average Bonchev–Trinajstić information content (AvgIpc) is 2.44. The molecule has 0 spiro atoms. The lowest BCUT2D eigenvalue weighted by Crippen LogP contribution is -2.09. The van der Waals surface area contributed by atoms with Gasteiger partial charge in [-0.2, -0.15) is 0 Å². The van der Waals surface area contributed by atoms with Gasteiger partial charge in [0.2, 0.25) is 0 Å². The summed E-state index contributed by atoms with van der Waals surface area (Å²) in [5, 5.41) is 0.548. The molecule has 2 rings (SSSR count). The molecule has 2 aromatic rings. The maximum absolute atomic E-state index is 13.0. The van der Waals surface area contributed by atoms with Crippen LogP contribution in [0.15, 0.2) is 28.7 Å². The standard InChI is InChI=1S/C17H16BrClO2/c1-9-5-6-12(19)8-13(9)16(20)15-11(3)14(18)7-10(2)17(15)21-4/h5-8H,1-4H3. The smallest absolute Gasteiger partial charge is 0.197 e. The van der Waals surface area contributed by atoms with Gasteiger partial charge >= 0.3 is 0 Å². The molecule has 0 atom stereocenters. The highest BCUT2D eigenvalue weighted by Crippen LogP contribution is 2.34. The lowest BCUT2D eigenvalue weighted by Gasteiger charge is -2.16. The minimum absolute atomic E-state index is 0.0752. The number of halogens is 2. The molecule has 0 aliphatic rings. The van der Waals surface area contributed by atoms with Gasteiger partial charge in [-0.15, -0.1) is 0 Å². The summed E-state index contributed by atoms with van der Waals surface area (Å²) >= 11 is 9.53. The van der Waals surface area contributed by atoms with Crippen molar-refractivity contribution >= 4 is 33.3 Å². The zero-order chi connectivity index (χ0) is 15.7. The predicted molar refractivity (Wildman–Crippen MR) is 89.8 cm³/mol. The molecule has 0 amide bonds. The third-order valence-corrected chi connectivity index (χ3v) is 4.60. The van der Waals surface area contributed by atoms with Gasteiger partial charge in [0.1, 0.15) is 5.75 Å². The topological polar surface area (TPSA) is 26.3 Å². The van der Waals surface area contributed by atoms with Crippen LogP contribution < -0.4 is 4.74 Å². The molecular formula is C17H16BrClO2. The summed E-state index contributed by atoms with van der Waals surface area (Å²) < 4.78 is 6.34. The van der Waals surface area contributed by atoms with Crippen molar-refractivity contribution in [3.8, 4) is 5.75 Å². The van der Waals surface area contributed by atoms with Gasteiger partial charge in [0.15, 0.2) is 5.78 Å². The van der Waals surface area contributed by atoms with Crippen molar-refractivity contribution in [3.05, 3.63) is 61.6 Å². The number of benzene rings is 2. The highest BCUT2D eigenvalue weighted by Gasteiger charge is 2.22. The predicted octanol–water partition coefficient (Wildman–Crippen LogP) is 5.27. The zero-order valence-corrected chi connectivity index (χ0v) is 14.7. The van der Waals surface area contributed by atoms with Crippen molar-refractivity contribution in [3.63, 3.8) is 0 Å². The molecule has 0 bridgehead atoms. The molecule has 0 heterocycles. The maximum Gasteiger partial charge on any atom is 0.197 e. The van der Waals surface area contributed by atoms with Crippen molar-refractivity contribution < 1.29 is 9.53 Å². The number of rotatable bonds is 3. The summed E-state index contributed by atoms with van der Waals surface area (Å²) in [4.78, 5) is 13.0. The molecule has 21 heavy (non-hydrogen) atoms. The molecule has 110 valence electrons. The van der Waals surface area contributed by atoms with E-state index < -0.39 is 0 Å². The first-order chi connectivity index (χ1) is 9.86. The van der Waals surface area contributed by atoms with Crippen LogP contribution in [0.4, 0.5) is 0 Å². The highest BCUT2D eigenvalue weighted by atomic mass is 79.9. The number of carbonyl (C=O) groups is 1. The van der Waals surface area contributed by atoms with E-state index in [4.69, 9.17) is 16.3 Å². The van der Waals surface area contributed by atoms with Crippen LogP contribution in [-0.2, 0) is 0 Å². The molecule has 0 saturated heterocycles. The van der Waals surface area contributed by atoms with Crippen molar-refractivity contribution in [2.24, 2.45) is 0 Å². The first-order valence-electron chi connectivity index (χ1n) is 6.51. The van der Waals surface area contributed by atoms with Gasteiger partial charge < -0.3 is 4.74 Å². The van der Waals surface area contributed by atoms with Crippen molar-refractivity contribution in [1.29, 1.82) is 0 Å². The normalized spacial score (nSPS) is 10.6. The minimum atomic E-state index is -0.0752. The molecule has 0 saturated carbocycles. The largest absolute Gasteiger partial charge is 0.496 e. The lowest BCUT2D eigenvalue weighted by atomic mass is 9.93. The van der Waals surface area contributed by atoms with E-state index in [1.807, 2.05) is 32.9 Å². The molecule has 0 aromatic heterocycles. The summed E-state index contributed by atoms with van der Waals surface area (Å²) in [6.45, 7) is 5.72.